The number of benzene rings is 2. The predicted molar refractivity (Wildman–Crippen MR) is 98.2 cm³/mol. The summed E-state index contributed by atoms with van der Waals surface area (Å²) in [5.41, 5.74) is 2.26. The minimum absolute atomic E-state index is 0.711. The molecule has 3 aromatic rings. The fourth-order valence-corrected chi connectivity index (χ4v) is 2.51. The third-order valence-corrected chi connectivity index (χ3v) is 3.78. The van der Waals surface area contributed by atoms with Crippen molar-refractivity contribution in [2.45, 2.75) is 19.4 Å². The van der Waals surface area contributed by atoms with Crippen LogP contribution >= 0.6 is 0 Å². The minimum atomic E-state index is 0.711. The zero-order chi connectivity index (χ0) is 16.5. The van der Waals surface area contributed by atoms with Crippen molar-refractivity contribution in [3.8, 4) is 0 Å². The maximum atomic E-state index is 6.09. The second-order valence-corrected chi connectivity index (χ2v) is 5.64. The minimum Gasteiger partial charge on any atom is -0.493 e. The maximum absolute atomic E-state index is 6.09. The third kappa shape index (κ3) is 4.85. The van der Waals surface area contributed by atoms with Gasteiger partial charge >= 0.3 is 0 Å². The first kappa shape index (κ1) is 16.1. The Morgan fingerprint density at radius 2 is 1.71 bits per heavy atom. The fraction of sp³-hybridized carbons (Fsp3) is 0.190. The van der Waals surface area contributed by atoms with Gasteiger partial charge in [0.05, 0.1) is 12.9 Å². The van der Waals surface area contributed by atoms with Gasteiger partial charge in [-0.15, -0.1) is 0 Å². The second kappa shape index (κ2) is 8.73. The molecule has 0 aliphatic heterocycles. The molecule has 0 saturated carbocycles. The molecule has 0 atom stereocenters. The lowest BCUT2D eigenvalue weighted by Gasteiger charge is -2.11. The molecule has 1 aromatic heterocycles. The highest BCUT2D eigenvalue weighted by molar-refractivity contribution is 5.77. The Morgan fingerprint density at radius 1 is 0.958 bits per heavy atom. The van der Waals surface area contributed by atoms with Crippen molar-refractivity contribution in [2.75, 3.05) is 6.61 Å². The molecule has 0 fully saturated rings. The smallest absolute Gasteiger partial charge is 0.127 e. The molecule has 0 saturated heterocycles. The Hall–Kier alpha value is -2.81. The average molecular weight is 318 g/mol. The molecule has 0 amide bonds. The zero-order valence-electron chi connectivity index (χ0n) is 13.7. The van der Waals surface area contributed by atoms with E-state index in [1.807, 2.05) is 55.1 Å². The lowest BCUT2D eigenvalue weighted by atomic mass is 10.1. The standard InChI is InChI=1S/C21H22N2O/c1-3-9-19(10-4-1)17-21(20-11-5-2-6-12-20)24-16-8-7-14-23-15-13-22-18-23/h1-6,9-13,15,17-18H,7-8,14,16H2/b21-17+. The summed E-state index contributed by atoms with van der Waals surface area (Å²) in [4.78, 5) is 4.06. The Labute approximate surface area is 143 Å². The monoisotopic (exact) mass is 318 g/mol. The van der Waals surface area contributed by atoms with Gasteiger partial charge in [0, 0.05) is 24.5 Å². The average Bonchev–Trinajstić information content (AvgIpc) is 3.15. The number of nitrogens with zero attached hydrogens (tertiary/aromatic N) is 2. The number of imidazole rings is 1. The lowest BCUT2D eigenvalue weighted by Crippen LogP contribution is -1.99. The van der Waals surface area contributed by atoms with E-state index in [1.165, 1.54) is 0 Å². The highest BCUT2D eigenvalue weighted by Crippen LogP contribution is 2.20. The summed E-state index contributed by atoms with van der Waals surface area (Å²) in [6.45, 7) is 1.69. The van der Waals surface area contributed by atoms with Crippen molar-refractivity contribution in [3.63, 3.8) is 0 Å². The molecule has 0 radical (unpaired) electrons. The van der Waals surface area contributed by atoms with Crippen molar-refractivity contribution in [1.82, 2.24) is 9.55 Å². The van der Waals surface area contributed by atoms with Crippen molar-refractivity contribution < 1.29 is 4.74 Å². The first-order chi connectivity index (χ1) is 11.9. The molecule has 0 aliphatic rings. The van der Waals surface area contributed by atoms with E-state index in [4.69, 9.17) is 4.74 Å². The van der Waals surface area contributed by atoms with Crippen LogP contribution in [0.5, 0.6) is 0 Å². The van der Waals surface area contributed by atoms with Crippen LogP contribution in [-0.2, 0) is 11.3 Å². The molecule has 122 valence electrons. The first-order valence-electron chi connectivity index (χ1n) is 8.32. The molecule has 3 nitrogen and oxygen atoms in total. The van der Waals surface area contributed by atoms with Crippen molar-refractivity contribution >= 4 is 11.8 Å². The normalized spacial score (nSPS) is 11.4. The Bertz CT molecular complexity index is 734. The number of ether oxygens (including phenoxy) is 1. The highest BCUT2D eigenvalue weighted by atomic mass is 16.5. The number of aryl methyl sites for hydroxylation is 1. The van der Waals surface area contributed by atoms with E-state index in [9.17, 15) is 0 Å². The molecule has 3 rings (SSSR count). The molecule has 2 aromatic carbocycles. The van der Waals surface area contributed by atoms with Gasteiger partial charge in [-0.1, -0.05) is 60.7 Å². The number of hydrogen-bond donors (Lipinski definition) is 0. The van der Waals surface area contributed by atoms with Crippen LogP contribution in [0.25, 0.3) is 11.8 Å². The summed E-state index contributed by atoms with van der Waals surface area (Å²) in [5, 5.41) is 0. The van der Waals surface area contributed by atoms with E-state index in [0.717, 1.165) is 36.3 Å². The Kier molecular flexibility index (Phi) is 5.84. The molecular formula is C21H22N2O. The molecular weight excluding hydrogens is 296 g/mol. The number of unbranched alkanes of at least 4 members (excludes halogenated alkanes) is 1. The summed E-state index contributed by atoms with van der Waals surface area (Å²) in [6.07, 6.45) is 9.84. The third-order valence-electron chi connectivity index (χ3n) is 3.78. The van der Waals surface area contributed by atoms with Crippen LogP contribution < -0.4 is 0 Å². The van der Waals surface area contributed by atoms with E-state index in [0.29, 0.717) is 6.61 Å². The number of rotatable bonds is 8. The van der Waals surface area contributed by atoms with Crippen LogP contribution in [0.15, 0.2) is 79.4 Å². The van der Waals surface area contributed by atoms with E-state index >= 15 is 0 Å². The molecule has 3 heteroatoms. The number of aromatic nitrogens is 2. The van der Waals surface area contributed by atoms with Crippen molar-refractivity contribution in [1.29, 1.82) is 0 Å². The summed E-state index contributed by atoms with van der Waals surface area (Å²) in [7, 11) is 0. The van der Waals surface area contributed by atoms with E-state index in [-0.39, 0.29) is 0 Å². The molecule has 24 heavy (non-hydrogen) atoms. The van der Waals surface area contributed by atoms with Gasteiger partial charge in [-0.25, -0.2) is 4.98 Å². The Balaban J connectivity index is 1.59. The lowest BCUT2D eigenvalue weighted by molar-refractivity contribution is 0.267. The van der Waals surface area contributed by atoms with E-state index in [1.54, 1.807) is 0 Å². The SMILES string of the molecule is C(=C(\OCCCCn1ccnc1)c1ccccc1)/c1ccccc1. The van der Waals surface area contributed by atoms with Crippen LogP contribution in [0.3, 0.4) is 0 Å². The topological polar surface area (TPSA) is 27.1 Å². The molecule has 0 unspecified atom stereocenters. The summed E-state index contributed by atoms with van der Waals surface area (Å²) < 4.78 is 8.18. The van der Waals surface area contributed by atoms with Gasteiger partial charge in [-0.3, -0.25) is 0 Å². The molecule has 0 aliphatic carbocycles. The second-order valence-electron chi connectivity index (χ2n) is 5.64. The van der Waals surface area contributed by atoms with Gasteiger partial charge in [0.1, 0.15) is 5.76 Å². The molecule has 0 spiro atoms. The van der Waals surface area contributed by atoms with Crippen LogP contribution in [0.4, 0.5) is 0 Å². The van der Waals surface area contributed by atoms with Gasteiger partial charge in [-0.05, 0) is 24.5 Å². The maximum Gasteiger partial charge on any atom is 0.127 e. The summed E-state index contributed by atoms with van der Waals surface area (Å²) in [6, 6.07) is 20.6. The van der Waals surface area contributed by atoms with Gasteiger partial charge < -0.3 is 9.30 Å². The van der Waals surface area contributed by atoms with Gasteiger partial charge in [0.25, 0.3) is 0 Å². The van der Waals surface area contributed by atoms with Crippen LogP contribution in [0.2, 0.25) is 0 Å². The molecule has 1 heterocycles. The zero-order valence-corrected chi connectivity index (χ0v) is 13.7. The van der Waals surface area contributed by atoms with Crippen LogP contribution in [-0.4, -0.2) is 16.2 Å². The Morgan fingerprint density at radius 3 is 2.42 bits per heavy atom. The summed E-state index contributed by atoms with van der Waals surface area (Å²) >= 11 is 0. The number of hydrogen-bond acceptors (Lipinski definition) is 2. The fourth-order valence-electron chi connectivity index (χ4n) is 2.51. The summed E-state index contributed by atoms with van der Waals surface area (Å²) in [5.74, 6) is 0.921. The van der Waals surface area contributed by atoms with Crippen molar-refractivity contribution in [3.05, 3.63) is 90.5 Å². The predicted octanol–water partition coefficient (Wildman–Crippen LogP) is 4.88. The highest BCUT2D eigenvalue weighted by Gasteiger charge is 2.03. The van der Waals surface area contributed by atoms with Crippen molar-refractivity contribution in [2.24, 2.45) is 0 Å². The molecule has 0 bridgehead atoms. The first-order valence-corrected chi connectivity index (χ1v) is 8.32. The molecule has 0 N–H and O–H groups in total. The van der Waals surface area contributed by atoms with Gasteiger partial charge in [0.15, 0.2) is 0 Å². The van der Waals surface area contributed by atoms with Crippen LogP contribution in [0, 0.1) is 0 Å². The van der Waals surface area contributed by atoms with Gasteiger partial charge in [-0.2, -0.15) is 0 Å². The van der Waals surface area contributed by atoms with Gasteiger partial charge in [0.2, 0.25) is 0 Å². The quantitative estimate of drug-likeness (QED) is 0.336. The van der Waals surface area contributed by atoms with Crippen LogP contribution in [0.1, 0.15) is 24.0 Å². The largest absolute Gasteiger partial charge is 0.493 e. The van der Waals surface area contributed by atoms with E-state index < -0.39 is 0 Å². The van der Waals surface area contributed by atoms with E-state index in [2.05, 4.69) is 39.9 Å².